The molecule has 2 heterocycles. The normalized spacial score (nSPS) is 17.4. The number of carbonyl (C=O) groups is 2. The van der Waals surface area contributed by atoms with Crippen LogP contribution in [0.4, 0.5) is 0 Å². The minimum absolute atomic E-state index is 0.0356. The number of ketones is 1. The molecule has 4 rings (SSSR count). The molecule has 1 amide bonds. The lowest BCUT2D eigenvalue weighted by Crippen LogP contribution is -2.29. The smallest absolute Gasteiger partial charge is 0.295 e. The molecule has 0 aliphatic carbocycles. The van der Waals surface area contributed by atoms with Gasteiger partial charge < -0.3 is 14.7 Å². The Kier molecular flexibility index (Phi) is 6.75. The molecule has 6 nitrogen and oxygen atoms in total. The molecule has 1 atom stereocenters. The third kappa shape index (κ3) is 4.76. The van der Waals surface area contributed by atoms with Gasteiger partial charge in [0.2, 0.25) is 0 Å². The van der Waals surface area contributed by atoms with Gasteiger partial charge in [0.15, 0.2) is 0 Å². The summed E-state index contributed by atoms with van der Waals surface area (Å²) < 4.78 is 5.59. The van der Waals surface area contributed by atoms with Gasteiger partial charge in [0.25, 0.3) is 11.7 Å². The van der Waals surface area contributed by atoms with Crippen LogP contribution in [0.25, 0.3) is 5.76 Å². The van der Waals surface area contributed by atoms with Crippen LogP contribution in [0.5, 0.6) is 5.75 Å². The van der Waals surface area contributed by atoms with E-state index in [0.29, 0.717) is 28.5 Å². The van der Waals surface area contributed by atoms with Crippen LogP contribution in [0.3, 0.4) is 0 Å². The second kappa shape index (κ2) is 9.88. The molecule has 3 aromatic rings. The van der Waals surface area contributed by atoms with Crippen molar-refractivity contribution < 1.29 is 19.4 Å². The zero-order valence-corrected chi connectivity index (χ0v) is 18.8. The molecular formula is C26H23ClN2O4. The maximum Gasteiger partial charge on any atom is 0.295 e. The average Bonchev–Trinajstić information content (AvgIpc) is 3.08. The zero-order valence-electron chi connectivity index (χ0n) is 18.1. The van der Waals surface area contributed by atoms with Gasteiger partial charge in [-0.15, -0.1) is 0 Å². The molecule has 1 aromatic heterocycles. The van der Waals surface area contributed by atoms with Crippen LogP contribution < -0.4 is 4.74 Å². The van der Waals surface area contributed by atoms with Crippen LogP contribution in [0.2, 0.25) is 5.02 Å². The Morgan fingerprint density at radius 3 is 2.45 bits per heavy atom. The Balaban J connectivity index is 1.78. The van der Waals surface area contributed by atoms with Gasteiger partial charge in [-0.1, -0.05) is 36.7 Å². The summed E-state index contributed by atoms with van der Waals surface area (Å²) in [6.45, 7) is 2.77. The summed E-state index contributed by atoms with van der Waals surface area (Å²) in [7, 11) is 0. The lowest BCUT2D eigenvalue weighted by molar-refractivity contribution is -0.140. The highest BCUT2D eigenvalue weighted by atomic mass is 35.5. The van der Waals surface area contributed by atoms with Gasteiger partial charge in [-0.05, 0) is 60.0 Å². The molecule has 7 heteroatoms. The van der Waals surface area contributed by atoms with E-state index in [1.165, 1.54) is 4.90 Å². The Morgan fingerprint density at radius 1 is 1.09 bits per heavy atom. The van der Waals surface area contributed by atoms with Gasteiger partial charge in [0.05, 0.1) is 18.2 Å². The predicted octanol–water partition coefficient (Wildman–Crippen LogP) is 5.15. The topological polar surface area (TPSA) is 79.7 Å². The first-order valence-corrected chi connectivity index (χ1v) is 11.0. The van der Waals surface area contributed by atoms with Crippen LogP contribution in [0, 0.1) is 0 Å². The Morgan fingerprint density at radius 2 is 1.82 bits per heavy atom. The third-order valence-electron chi connectivity index (χ3n) is 5.40. The number of halogens is 1. The van der Waals surface area contributed by atoms with Crippen molar-refractivity contribution >= 4 is 29.1 Å². The summed E-state index contributed by atoms with van der Waals surface area (Å²) in [5.74, 6) is -0.977. The highest BCUT2D eigenvalue weighted by molar-refractivity contribution is 6.46. The molecule has 0 spiro atoms. The zero-order chi connectivity index (χ0) is 23.4. The molecule has 33 heavy (non-hydrogen) atoms. The largest absolute Gasteiger partial charge is 0.507 e. The van der Waals surface area contributed by atoms with Gasteiger partial charge in [0.1, 0.15) is 11.5 Å². The van der Waals surface area contributed by atoms with E-state index in [1.54, 1.807) is 67.0 Å². The summed E-state index contributed by atoms with van der Waals surface area (Å²) in [4.78, 5) is 31.7. The van der Waals surface area contributed by atoms with E-state index in [4.69, 9.17) is 16.3 Å². The van der Waals surface area contributed by atoms with Crippen LogP contribution >= 0.6 is 11.6 Å². The van der Waals surface area contributed by atoms with E-state index < -0.39 is 17.7 Å². The number of Topliss-reactive ketones (excluding diaryl/α,β-unsaturated/α-hetero) is 1. The molecule has 1 aliphatic heterocycles. The molecule has 0 radical (unpaired) electrons. The average molecular weight is 463 g/mol. The SMILES string of the molecule is CCCOc1ccc(/C(O)=C2\C(=O)C(=O)N(Cc3cccnc3)[C@H]2c2ccc(Cl)cc2)cc1. The minimum Gasteiger partial charge on any atom is -0.507 e. The molecule has 2 aromatic carbocycles. The number of hydrogen-bond acceptors (Lipinski definition) is 5. The van der Waals surface area contributed by atoms with Crippen molar-refractivity contribution in [3.63, 3.8) is 0 Å². The number of carbonyl (C=O) groups excluding carboxylic acids is 2. The number of amides is 1. The first-order valence-electron chi connectivity index (χ1n) is 10.7. The molecule has 1 aliphatic rings. The van der Waals surface area contributed by atoms with Crippen molar-refractivity contribution in [3.05, 3.63) is 100 Å². The Labute approximate surface area is 197 Å². The maximum atomic E-state index is 13.1. The number of aromatic nitrogens is 1. The van der Waals surface area contributed by atoms with Gasteiger partial charge in [-0.3, -0.25) is 14.6 Å². The lowest BCUT2D eigenvalue weighted by Gasteiger charge is -2.25. The van der Waals surface area contributed by atoms with Crippen molar-refractivity contribution in [1.29, 1.82) is 0 Å². The fourth-order valence-electron chi connectivity index (χ4n) is 3.81. The molecule has 168 valence electrons. The van der Waals surface area contributed by atoms with Crippen molar-refractivity contribution in [2.45, 2.75) is 25.9 Å². The van der Waals surface area contributed by atoms with Crippen molar-refractivity contribution in [1.82, 2.24) is 9.88 Å². The fraction of sp³-hybridized carbons (Fsp3) is 0.192. The second-order valence-corrected chi connectivity index (χ2v) is 8.15. The predicted molar refractivity (Wildman–Crippen MR) is 126 cm³/mol. The van der Waals surface area contributed by atoms with Crippen molar-refractivity contribution in [2.24, 2.45) is 0 Å². The highest BCUT2D eigenvalue weighted by Gasteiger charge is 2.46. The fourth-order valence-corrected chi connectivity index (χ4v) is 3.93. The third-order valence-corrected chi connectivity index (χ3v) is 5.65. The number of aliphatic hydroxyl groups excluding tert-OH is 1. The standard InChI is InChI=1S/C26H23ClN2O4/c1-2-14-33-21-11-7-19(8-12-21)24(30)22-23(18-5-9-20(27)10-6-18)29(26(32)25(22)31)16-17-4-3-13-28-15-17/h3-13,15,23,30H,2,14,16H2,1H3/b24-22+/t23-/m0/s1. The molecular weight excluding hydrogens is 440 g/mol. The number of benzene rings is 2. The number of hydrogen-bond donors (Lipinski definition) is 1. The lowest BCUT2D eigenvalue weighted by atomic mass is 9.95. The Hall–Kier alpha value is -3.64. The summed E-state index contributed by atoms with van der Waals surface area (Å²) in [5, 5.41) is 11.7. The quantitative estimate of drug-likeness (QED) is 0.298. The number of pyridine rings is 1. The van der Waals surface area contributed by atoms with Crippen LogP contribution in [-0.4, -0.2) is 33.3 Å². The number of nitrogens with zero attached hydrogens (tertiary/aromatic N) is 2. The molecule has 0 bridgehead atoms. The van der Waals surface area contributed by atoms with Gasteiger partial charge in [-0.2, -0.15) is 0 Å². The Bertz CT molecular complexity index is 1180. The molecule has 1 N–H and O–H groups in total. The van der Waals surface area contributed by atoms with Gasteiger partial charge in [0, 0.05) is 29.5 Å². The van der Waals surface area contributed by atoms with Gasteiger partial charge >= 0.3 is 0 Å². The van der Waals surface area contributed by atoms with E-state index in [2.05, 4.69) is 4.98 Å². The monoisotopic (exact) mass is 462 g/mol. The van der Waals surface area contributed by atoms with Crippen LogP contribution in [-0.2, 0) is 16.1 Å². The van der Waals surface area contributed by atoms with Crippen LogP contribution in [0.15, 0.2) is 78.6 Å². The number of likely N-dealkylation sites (tertiary alicyclic amines) is 1. The first kappa shape index (κ1) is 22.6. The van der Waals surface area contributed by atoms with Crippen LogP contribution in [0.1, 0.15) is 36.1 Å². The van der Waals surface area contributed by atoms with Crippen molar-refractivity contribution in [2.75, 3.05) is 6.61 Å². The van der Waals surface area contributed by atoms with E-state index >= 15 is 0 Å². The molecule has 0 saturated carbocycles. The number of rotatable bonds is 7. The van der Waals surface area contributed by atoms with E-state index in [0.717, 1.165) is 12.0 Å². The summed E-state index contributed by atoms with van der Waals surface area (Å²) in [6.07, 6.45) is 4.17. The highest BCUT2D eigenvalue weighted by Crippen LogP contribution is 2.40. The summed E-state index contributed by atoms with van der Waals surface area (Å²) >= 11 is 6.06. The molecule has 0 unspecified atom stereocenters. The summed E-state index contributed by atoms with van der Waals surface area (Å²) in [6, 6.07) is 16.5. The molecule has 1 saturated heterocycles. The second-order valence-electron chi connectivity index (χ2n) is 7.71. The summed E-state index contributed by atoms with van der Waals surface area (Å²) in [5.41, 5.74) is 1.91. The van der Waals surface area contributed by atoms with E-state index in [-0.39, 0.29) is 17.9 Å². The maximum absolute atomic E-state index is 13.1. The number of aliphatic hydroxyl groups is 1. The van der Waals surface area contributed by atoms with E-state index in [1.807, 2.05) is 13.0 Å². The molecule has 1 fully saturated rings. The first-order chi connectivity index (χ1) is 16.0. The number of ether oxygens (including phenoxy) is 1. The van der Waals surface area contributed by atoms with Crippen molar-refractivity contribution in [3.8, 4) is 5.75 Å². The van der Waals surface area contributed by atoms with Gasteiger partial charge in [-0.25, -0.2) is 0 Å². The minimum atomic E-state index is -0.765. The van der Waals surface area contributed by atoms with E-state index in [9.17, 15) is 14.7 Å².